The van der Waals surface area contributed by atoms with Gasteiger partial charge in [-0.25, -0.2) is 33.5 Å². The molecule has 2 aromatic heterocycles. The Kier molecular flexibility index (Phi) is 13.6. The number of carbonyl (C=O) groups excluding carboxylic acids is 4. The first-order valence-corrected chi connectivity index (χ1v) is 20.4. The molecule has 2 fully saturated rings. The molecule has 0 atom stereocenters. The van der Waals surface area contributed by atoms with Gasteiger partial charge in [0.15, 0.2) is 34.1 Å². The van der Waals surface area contributed by atoms with Crippen molar-refractivity contribution in [3.8, 4) is 22.5 Å². The van der Waals surface area contributed by atoms with Gasteiger partial charge in [0.2, 0.25) is 6.08 Å². The van der Waals surface area contributed by atoms with E-state index in [0.717, 1.165) is 49.9 Å². The molecule has 340 valence electrons. The number of aromatic nitrogens is 4. The second kappa shape index (κ2) is 18.6. The molecule has 2 N–H and O–H groups in total. The van der Waals surface area contributed by atoms with Crippen LogP contribution in [0.25, 0.3) is 33.9 Å². The summed E-state index contributed by atoms with van der Waals surface area (Å²) in [5.41, 5.74) is -1.66. The molecule has 2 aliphatic carbocycles. The standard InChI is InChI=1S/C22H22F3N3O4.C19H17F3N2O3.C3H5NO/c1-3-26-20(30)31-18-17(19(29)32-21(18)9-4-5-10-21)28-13(2)11-16(27-28)14-7-6-8-15(12-14)22(23,24)25;1-11-9-14(12-5-4-6-13(10-12)19(20,21)22)23-24(11)15-16(25)18(27-17(15)26)7-2-3-8-18;1-2-4-3-5/h6-8,11-12H,3-5,9-10H2,1-2H3,(H,26,30);4-6,9-10,25H,2-3,7-8H2,1H3;2H2,1H3. The average Bonchev–Trinajstić information content (AvgIpc) is 4.11. The topological polar surface area (TPSA) is 176 Å². The van der Waals surface area contributed by atoms with E-state index in [1.54, 1.807) is 39.8 Å². The number of esters is 2. The Hall–Kier alpha value is -6.69. The van der Waals surface area contributed by atoms with Crippen LogP contribution >= 0.6 is 0 Å². The van der Waals surface area contributed by atoms with Crippen LogP contribution in [0, 0.1) is 13.8 Å². The summed E-state index contributed by atoms with van der Waals surface area (Å²) in [6.07, 6.45) is -2.86. The zero-order chi connectivity index (χ0) is 46.6. The molecule has 64 heavy (non-hydrogen) atoms. The number of benzene rings is 2. The van der Waals surface area contributed by atoms with Crippen LogP contribution in [0.4, 0.5) is 31.1 Å². The fraction of sp³-hybridized carbons (Fsp3) is 0.409. The molecule has 2 aliphatic heterocycles. The summed E-state index contributed by atoms with van der Waals surface area (Å²) in [4.78, 5) is 49.7. The van der Waals surface area contributed by atoms with Crippen molar-refractivity contribution in [1.29, 1.82) is 0 Å². The van der Waals surface area contributed by atoms with Crippen molar-refractivity contribution in [1.82, 2.24) is 24.9 Å². The number of rotatable bonds is 7. The normalized spacial score (nSPS) is 17.4. The summed E-state index contributed by atoms with van der Waals surface area (Å²) in [5, 5.41) is 21.8. The highest BCUT2D eigenvalue weighted by molar-refractivity contribution is 6.14. The highest BCUT2D eigenvalue weighted by atomic mass is 19.4. The number of halogens is 6. The zero-order valence-corrected chi connectivity index (χ0v) is 35.2. The van der Waals surface area contributed by atoms with Crippen molar-refractivity contribution >= 4 is 35.5 Å². The fourth-order valence-corrected chi connectivity index (χ4v) is 7.97. The maximum atomic E-state index is 13.1. The van der Waals surface area contributed by atoms with Crippen LogP contribution in [-0.2, 0) is 40.9 Å². The fourth-order valence-electron chi connectivity index (χ4n) is 7.97. The number of aliphatic imine (C=N–C) groups is 1. The first-order chi connectivity index (χ1) is 30.3. The highest BCUT2D eigenvalue weighted by Crippen LogP contribution is 2.48. The molecule has 20 heteroatoms. The Morgan fingerprint density at radius 1 is 0.781 bits per heavy atom. The van der Waals surface area contributed by atoms with E-state index in [9.17, 15) is 45.8 Å². The number of nitrogens with one attached hydrogen (secondary N) is 1. The van der Waals surface area contributed by atoms with Crippen molar-refractivity contribution in [3.05, 3.63) is 94.7 Å². The summed E-state index contributed by atoms with van der Waals surface area (Å²) >= 11 is 0. The Bertz CT molecular complexity index is 2540. The van der Waals surface area contributed by atoms with Crippen LogP contribution in [0.1, 0.15) is 87.7 Å². The monoisotopic (exact) mass is 898 g/mol. The minimum atomic E-state index is -4.49. The minimum Gasteiger partial charge on any atom is -0.506 e. The lowest BCUT2D eigenvalue weighted by molar-refractivity contribution is -0.147. The molecule has 4 heterocycles. The number of aryl methyl sites for hydroxylation is 2. The third-order valence-electron chi connectivity index (χ3n) is 11.0. The Balaban J connectivity index is 0.000000194. The van der Waals surface area contributed by atoms with Gasteiger partial charge in [0, 0.05) is 35.6 Å². The lowest BCUT2D eigenvalue weighted by Gasteiger charge is -2.24. The summed E-state index contributed by atoms with van der Waals surface area (Å²) in [5.74, 6) is -1.41. The molecule has 2 aromatic carbocycles. The number of carbonyl (C=O) groups is 3. The van der Waals surface area contributed by atoms with Crippen molar-refractivity contribution in [2.45, 2.75) is 103 Å². The van der Waals surface area contributed by atoms with Crippen molar-refractivity contribution in [2.75, 3.05) is 13.1 Å². The third kappa shape index (κ3) is 9.61. The number of amides is 1. The molecule has 2 saturated carbocycles. The van der Waals surface area contributed by atoms with Gasteiger partial charge in [-0.15, -0.1) is 0 Å². The Morgan fingerprint density at radius 2 is 1.23 bits per heavy atom. The Morgan fingerprint density at radius 3 is 1.67 bits per heavy atom. The lowest BCUT2D eigenvalue weighted by Crippen LogP contribution is -2.33. The first-order valence-electron chi connectivity index (χ1n) is 20.4. The SMILES string of the molecule is CCN=C=O.CCNC(=O)OC1=C(n2nc(-c3cccc(C(F)(F)F)c3)cc2C)C(=O)OC12CCCC2.Cc1cc(-c2cccc(C(F)(F)F)c2)nn1C1=C(O)C2(CCCC2)OC1=O. The Labute approximate surface area is 362 Å². The maximum absolute atomic E-state index is 13.1. The van der Waals surface area contributed by atoms with Crippen LogP contribution in [0.3, 0.4) is 0 Å². The molecule has 0 saturated heterocycles. The van der Waals surface area contributed by atoms with Gasteiger partial charge >= 0.3 is 30.4 Å². The number of nitrogens with zero attached hydrogens (tertiary/aromatic N) is 5. The number of aliphatic hydroxyl groups excluding tert-OH is 1. The molecule has 8 rings (SSSR count). The molecule has 0 unspecified atom stereocenters. The summed E-state index contributed by atoms with van der Waals surface area (Å²) in [6, 6.07) is 12.7. The lowest BCUT2D eigenvalue weighted by atomic mass is 10.00. The second-order valence-electron chi connectivity index (χ2n) is 15.4. The van der Waals surface area contributed by atoms with Gasteiger partial charge in [-0.2, -0.15) is 36.5 Å². The van der Waals surface area contributed by atoms with E-state index in [-0.39, 0.29) is 45.4 Å². The molecular formula is C44H44F6N6O8. The molecular weight excluding hydrogens is 855 g/mol. The number of ether oxygens (including phenoxy) is 3. The maximum Gasteiger partial charge on any atom is 0.416 e. The van der Waals surface area contributed by atoms with E-state index in [1.165, 1.54) is 39.7 Å². The number of alkyl carbamates (subject to hydrolysis) is 1. The molecule has 1 amide bonds. The predicted octanol–water partition coefficient (Wildman–Crippen LogP) is 9.48. The van der Waals surface area contributed by atoms with Crippen molar-refractivity contribution in [2.24, 2.45) is 4.99 Å². The largest absolute Gasteiger partial charge is 0.506 e. The number of hydrogen-bond donors (Lipinski definition) is 2. The van der Waals surface area contributed by atoms with Crippen LogP contribution in [0.15, 0.2) is 77.2 Å². The number of hydrogen-bond acceptors (Lipinski definition) is 11. The van der Waals surface area contributed by atoms with Crippen LogP contribution in [0.2, 0.25) is 0 Å². The molecule has 4 aliphatic rings. The molecule has 2 spiro atoms. The van der Waals surface area contributed by atoms with Gasteiger partial charge < -0.3 is 24.6 Å². The minimum absolute atomic E-state index is 0.0334. The quantitative estimate of drug-likeness (QED) is 0.0597. The summed E-state index contributed by atoms with van der Waals surface area (Å²) in [7, 11) is 0. The predicted molar refractivity (Wildman–Crippen MR) is 217 cm³/mol. The van der Waals surface area contributed by atoms with Crippen molar-refractivity contribution < 1.29 is 64.8 Å². The van der Waals surface area contributed by atoms with E-state index in [0.29, 0.717) is 50.2 Å². The van der Waals surface area contributed by atoms with Gasteiger partial charge in [-0.05, 0) is 115 Å². The first kappa shape index (κ1) is 46.8. The number of aliphatic hydroxyl groups is 1. The average molecular weight is 899 g/mol. The van der Waals surface area contributed by atoms with E-state index >= 15 is 0 Å². The number of isocyanates is 1. The second-order valence-corrected chi connectivity index (χ2v) is 15.4. The number of alkyl halides is 6. The highest BCUT2D eigenvalue weighted by Gasteiger charge is 2.54. The summed E-state index contributed by atoms with van der Waals surface area (Å²) < 4.78 is 97.4. The summed E-state index contributed by atoms with van der Waals surface area (Å²) in [6.45, 7) is 7.72. The van der Waals surface area contributed by atoms with E-state index in [2.05, 4.69) is 20.5 Å². The smallest absolute Gasteiger partial charge is 0.416 e. The zero-order valence-electron chi connectivity index (χ0n) is 35.2. The van der Waals surface area contributed by atoms with Crippen LogP contribution < -0.4 is 5.32 Å². The van der Waals surface area contributed by atoms with Gasteiger partial charge in [0.25, 0.3) is 0 Å². The van der Waals surface area contributed by atoms with E-state index < -0.39 is 52.7 Å². The van der Waals surface area contributed by atoms with Gasteiger partial charge in [0.1, 0.15) is 0 Å². The van der Waals surface area contributed by atoms with Crippen LogP contribution in [0.5, 0.6) is 0 Å². The van der Waals surface area contributed by atoms with Crippen LogP contribution in [-0.4, -0.2) is 73.1 Å². The van der Waals surface area contributed by atoms with Gasteiger partial charge in [0.05, 0.1) is 22.5 Å². The van der Waals surface area contributed by atoms with E-state index in [1.807, 2.05) is 0 Å². The van der Waals surface area contributed by atoms with E-state index in [4.69, 9.17) is 19.0 Å². The van der Waals surface area contributed by atoms with Gasteiger partial charge in [-0.3, -0.25) is 0 Å². The molecule has 4 aromatic rings. The van der Waals surface area contributed by atoms with Crippen molar-refractivity contribution in [3.63, 3.8) is 0 Å². The van der Waals surface area contributed by atoms with Gasteiger partial charge in [-0.1, -0.05) is 24.3 Å². The molecule has 0 radical (unpaired) electrons. The molecule has 14 nitrogen and oxygen atoms in total. The molecule has 0 bridgehead atoms. The third-order valence-corrected chi connectivity index (χ3v) is 11.0.